The van der Waals surface area contributed by atoms with Crippen LogP contribution in [0.25, 0.3) is 0 Å². The Bertz CT molecular complexity index is 803. The maximum Gasteiger partial charge on any atom is 0.673 e. The Hall–Kier alpha value is -1.01. The zero-order valence-corrected chi connectivity index (χ0v) is 34.9. The number of unbranched alkanes of at least 4 members (excludes halogenated alkanes) is 28. The lowest BCUT2D eigenvalue weighted by molar-refractivity contribution is -0.711. The molecule has 1 heterocycles. The molecule has 0 N–H and O–H groups in total. The topological polar surface area (TPSA) is 8.81 Å². The van der Waals surface area contributed by atoms with Gasteiger partial charge in [0, 0.05) is 19.3 Å². The molecule has 0 aliphatic rings. The summed E-state index contributed by atoms with van der Waals surface area (Å²) < 4.78 is 44.6. The lowest BCUT2D eigenvalue weighted by atomic mass is 10.0. The van der Waals surface area contributed by atoms with E-state index in [9.17, 15) is 17.3 Å². The highest BCUT2D eigenvalue weighted by atomic mass is 19.5. The zero-order valence-electron chi connectivity index (χ0n) is 34.9. The number of rotatable bonds is 36. The number of hydrogen-bond acceptors (Lipinski definition) is 0. The maximum atomic E-state index is 9.75. The van der Waals surface area contributed by atoms with Gasteiger partial charge in [0.1, 0.15) is 11.4 Å². The van der Waals surface area contributed by atoms with Crippen LogP contribution >= 0.6 is 0 Å². The van der Waals surface area contributed by atoms with E-state index in [1.807, 2.05) is 0 Å². The van der Waals surface area contributed by atoms with E-state index in [4.69, 9.17) is 0 Å². The quantitative estimate of drug-likeness (QED) is 0.0281. The van der Waals surface area contributed by atoms with Gasteiger partial charge in [-0.05, 0) is 32.1 Å². The molecule has 0 bridgehead atoms. The fraction of sp³-hybridized carbons (Fsp3) is 0.932. The summed E-state index contributed by atoms with van der Waals surface area (Å²) in [5, 5.41) is 0. The van der Waals surface area contributed by atoms with Gasteiger partial charge in [-0.15, -0.1) is 0 Å². The molecule has 0 aliphatic heterocycles. The Labute approximate surface area is 316 Å². The molecular formula is C44H87BF4N2. The molecule has 7 heteroatoms. The molecule has 0 radical (unpaired) electrons. The molecule has 1 aromatic heterocycles. The summed E-state index contributed by atoms with van der Waals surface area (Å²) in [6.45, 7) is 10.6. The second-order valence-electron chi connectivity index (χ2n) is 15.7. The minimum absolute atomic E-state index is 1.26. The molecular weight excluding hydrogens is 643 g/mol. The van der Waals surface area contributed by atoms with Crippen molar-refractivity contribution in [3.8, 4) is 0 Å². The molecule has 1 rings (SSSR count). The monoisotopic (exact) mass is 731 g/mol. The molecule has 2 nitrogen and oxygen atoms in total. The fourth-order valence-corrected chi connectivity index (χ4v) is 7.67. The smallest absolute Gasteiger partial charge is 0.418 e. The molecule has 0 atom stereocenters. The van der Waals surface area contributed by atoms with Gasteiger partial charge >= 0.3 is 7.25 Å². The largest absolute Gasteiger partial charge is 0.673 e. The molecule has 0 unspecified atom stereocenters. The van der Waals surface area contributed by atoms with Crippen LogP contribution in [0.5, 0.6) is 0 Å². The molecule has 0 spiro atoms. The van der Waals surface area contributed by atoms with Crippen LogP contribution in [0.4, 0.5) is 17.3 Å². The van der Waals surface area contributed by atoms with Crippen LogP contribution in [-0.4, -0.2) is 11.8 Å². The Morgan fingerprint density at radius 3 is 1.02 bits per heavy atom. The van der Waals surface area contributed by atoms with Gasteiger partial charge in [0.25, 0.3) is 5.82 Å². The summed E-state index contributed by atoms with van der Waals surface area (Å²) in [5.74, 6) is 1.66. The Morgan fingerprint density at radius 1 is 0.392 bits per heavy atom. The summed E-state index contributed by atoms with van der Waals surface area (Å²) >= 11 is 0. The van der Waals surface area contributed by atoms with E-state index in [-0.39, 0.29) is 0 Å². The van der Waals surface area contributed by atoms with E-state index in [0.717, 1.165) is 0 Å². The highest BCUT2D eigenvalue weighted by Crippen LogP contribution is 2.21. The van der Waals surface area contributed by atoms with E-state index in [2.05, 4.69) is 43.9 Å². The molecule has 1 aromatic rings. The van der Waals surface area contributed by atoms with Gasteiger partial charge in [-0.2, -0.15) is 0 Å². The standard InChI is InChI=1S/C44H87N2.BF4/c1-6-10-14-18-22-26-30-34-38-42-43(39-35-31-27-23-19-15-11-7-2)46(41-37-33-29-25-21-17-13-9-4)44(45(42)5)40-36-32-28-24-20-16-12-8-3;2-1(3,4)5/h6-41H2,1-5H3;/q+1;-1. The van der Waals surface area contributed by atoms with E-state index in [1.165, 1.54) is 231 Å². The number of halogens is 4. The van der Waals surface area contributed by atoms with Crippen molar-refractivity contribution in [3.05, 3.63) is 17.2 Å². The third-order valence-electron chi connectivity index (χ3n) is 10.8. The molecule has 304 valence electrons. The van der Waals surface area contributed by atoms with Crippen LogP contribution in [0.2, 0.25) is 0 Å². The van der Waals surface area contributed by atoms with Crippen molar-refractivity contribution in [2.45, 2.75) is 259 Å². The van der Waals surface area contributed by atoms with Crippen molar-refractivity contribution in [3.63, 3.8) is 0 Å². The van der Waals surface area contributed by atoms with E-state index in [0.29, 0.717) is 0 Å². The molecule has 51 heavy (non-hydrogen) atoms. The van der Waals surface area contributed by atoms with Crippen LogP contribution in [0.15, 0.2) is 0 Å². The van der Waals surface area contributed by atoms with Gasteiger partial charge in [-0.3, -0.25) is 0 Å². The van der Waals surface area contributed by atoms with Gasteiger partial charge in [0.15, 0.2) is 0 Å². The first-order valence-corrected chi connectivity index (χ1v) is 22.7. The van der Waals surface area contributed by atoms with E-state index in [1.54, 1.807) is 17.2 Å². The summed E-state index contributed by atoms with van der Waals surface area (Å²) in [4.78, 5) is 0. The van der Waals surface area contributed by atoms with E-state index >= 15 is 0 Å². The Balaban J connectivity index is 0.00000464. The average molecular weight is 731 g/mol. The van der Waals surface area contributed by atoms with Crippen molar-refractivity contribution in [2.75, 3.05) is 0 Å². The first-order valence-electron chi connectivity index (χ1n) is 22.7. The van der Waals surface area contributed by atoms with Crippen LogP contribution in [0, 0.1) is 0 Å². The molecule has 0 fully saturated rings. The van der Waals surface area contributed by atoms with Crippen molar-refractivity contribution >= 4 is 7.25 Å². The Morgan fingerprint density at radius 2 is 0.667 bits per heavy atom. The van der Waals surface area contributed by atoms with Crippen molar-refractivity contribution in [1.29, 1.82) is 0 Å². The van der Waals surface area contributed by atoms with Gasteiger partial charge in [0.05, 0.1) is 13.6 Å². The predicted octanol–water partition coefficient (Wildman–Crippen LogP) is 15.8. The first-order chi connectivity index (χ1) is 24.7. The predicted molar refractivity (Wildman–Crippen MR) is 217 cm³/mol. The van der Waals surface area contributed by atoms with Crippen LogP contribution in [0.1, 0.15) is 250 Å². The van der Waals surface area contributed by atoms with Gasteiger partial charge in [-0.1, -0.05) is 201 Å². The van der Waals surface area contributed by atoms with Crippen LogP contribution < -0.4 is 4.57 Å². The molecule has 0 saturated carbocycles. The minimum atomic E-state index is -6.00. The second-order valence-corrected chi connectivity index (χ2v) is 15.7. The summed E-state index contributed by atoms with van der Waals surface area (Å²) in [7, 11) is -3.55. The third kappa shape index (κ3) is 31.1. The van der Waals surface area contributed by atoms with Crippen molar-refractivity contribution in [2.24, 2.45) is 7.05 Å². The van der Waals surface area contributed by atoms with Gasteiger partial charge < -0.3 is 17.3 Å². The second kappa shape index (κ2) is 36.0. The molecule has 0 amide bonds. The number of nitrogens with zero attached hydrogens (tertiary/aromatic N) is 2. The number of hydrogen-bond donors (Lipinski definition) is 0. The van der Waals surface area contributed by atoms with Crippen LogP contribution in [-0.2, 0) is 32.9 Å². The molecule has 0 saturated heterocycles. The summed E-state index contributed by atoms with van der Waals surface area (Å²) in [6, 6.07) is 0. The third-order valence-corrected chi connectivity index (χ3v) is 10.8. The van der Waals surface area contributed by atoms with Gasteiger partial charge in [-0.25, -0.2) is 9.13 Å². The zero-order chi connectivity index (χ0) is 37.8. The fourth-order valence-electron chi connectivity index (χ4n) is 7.67. The van der Waals surface area contributed by atoms with Crippen LogP contribution in [0.3, 0.4) is 0 Å². The first kappa shape index (κ1) is 50.0. The maximum absolute atomic E-state index is 9.75. The SMILES string of the molecule is CCCCCCCCCCc1c(CCCCCCCCCC)[n+](CCCCCCCCCC)c(CCCCCCCCCC)n1C.F[B-](F)(F)F. The van der Waals surface area contributed by atoms with Crippen molar-refractivity contribution < 1.29 is 21.8 Å². The van der Waals surface area contributed by atoms with Gasteiger partial charge in [0.2, 0.25) is 0 Å². The molecule has 0 aliphatic carbocycles. The minimum Gasteiger partial charge on any atom is -0.418 e. The lowest BCUT2D eigenvalue weighted by Crippen LogP contribution is -2.41. The number of imidazole rings is 1. The lowest BCUT2D eigenvalue weighted by Gasteiger charge is -2.08. The normalized spacial score (nSPS) is 11.7. The highest BCUT2D eigenvalue weighted by molar-refractivity contribution is 6.50. The highest BCUT2D eigenvalue weighted by Gasteiger charge is 2.27. The number of aromatic nitrogens is 2. The van der Waals surface area contributed by atoms with Crippen molar-refractivity contribution in [1.82, 2.24) is 4.57 Å². The van der Waals surface area contributed by atoms with E-state index < -0.39 is 7.25 Å². The summed E-state index contributed by atoms with van der Waals surface area (Å²) in [5.41, 5.74) is 3.46. The Kier molecular flexibility index (Phi) is 35.3. The average Bonchev–Trinajstić information content (AvgIpc) is 3.33. The molecule has 0 aromatic carbocycles. The summed E-state index contributed by atoms with van der Waals surface area (Å²) in [6.07, 6.45) is 49.3.